The summed E-state index contributed by atoms with van der Waals surface area (Å²) in [4.78, 5) is 27.5. The quantitative estimate of drug-likeness (QED) is 0.0562. The first-order valence-corrected chi connectivity index (χ1v) is 18.7. The van der Waals surface area contributed by atoms with Crippen molar-refractivity contribution in [3.05, 3.63) is 0 Å². The smallest absolute Gasteiger partial charge is 0.306 e. The largest absolute Gasteiger partial charge is 0.456 e. The van der Waals surface area contributed by atoms with Crippen LogP contribution in [-0.4, -0.2) is 75.6 Å². The molecular formula is C37H71NO6. The van der Waals surface area contributed by atoms with E-state index in [1.54, 1.807) is 0 Å². The fraction of sp³-hybridized carbons (Fsp3) is 0.946. The molecule has 1 fully saturated rings. The van der Waals surface area contributed by atoms with Gasteiger partial charge in [0.1, 0.15) is 6.10 Å². The summed E-state index contributed by atoms with van der Waals surface area (Å²) in [6.07, 6.45) is 26.5. The normalized spacial score (nSPS) is 18.2. The number of esters is 2. The van der Waals surface area contributed by atoms with Crippen LogP contribution in [0.3, 0.4) is 0 Å². The molecule has 0 bridgehead atoms. The molecular weight excluding hydrogens is 554 g/mol. The van der Waals surface area contributed by atoms with E-state index in [0.29, 0.717) is 26.1 Å². The van der Waals surface area contributed by atoms with Crippen molar-refractivity contribution < 1.29 is 28.5 Å². The molecule has 0 aromatic rings. The van der Waals surface area contributed by atoms with Crippen molar-refractivity contribution in [2.45, 2.75) is 186 Å². The highest BCUT2D eigenvalue weighted by molar-refractivity contribution is 5.70. The fourth-order valence-electron chi connectivity index (χ4n) is 5.80. The van der Waals surface area contributed by atoms with E-state index in [-0.39, 0.29) is 18.5 Å². The molecule has 0 amide bonds. The van der Waals surface area contributed by atoms with E-state index in [9.17, 15) is 9.59 Å². The standard InChI is InChI=1S/C37H71NO6/c1-5-7-9-11-13-15-17-19-21-23-25-27-35(39)43-34-32-42-33(31-41-30-29-38(3)4)37(34)44-36(40)28-26-24-22-20-18-16-14-12-10-8-6-2/h33-34,37H,5-32H2,1-4H3/t33-,34+,37+/m1/s1. The molecule has 7 nitrogen and oxygen atoms in total. The third kappa shape index (κ3) is 23.2. The molecule has 1 saturated heterocycles. The summed E-state index contributed by atoms with van der Waals surface area (Å²) in [6, 6.07) is 0. The minimum Gasteiger partial charge on any atom is -0.456 e. The molecule has 44 heavy (non-hydrogen) atoms. The summed E-state index contributed by atoms with van der Waals surface area (Å²) in [7, 11) is 4.00. The molecule has 7 heteroatoms. The van der Waals surface area contributed by atoms with Gasteiger partial charge >= 0.3 is 11.9 Å². The van der Waals surface area contributed by atoms with Crippen LogP contribution in [0.25, 0.3) is 0 Å². The van der Waals surface area contributed by atoms with Crippen molar-refractivity contribution in [3.63, 3.8) is 0 Å². The summed E-state index contributed by atoms with van der Waals surface area (Å²) in [5.41, 5.74) is 0. The predicted molar refractivity (Wildman–Crippen MR) is 181 cm³/mol. The van der Waals surface area contributed by atoms with Gasteiger partial charge in [0.05, 0.1) is 19.8 Å². The number of rotatable bonds is 31. The van der Waals surface area contributed by atoms with Gasteiger partial charge in [0.15, 0.2) is 12.2 Å². The van der Waals surface area contributed by atoms with E-state index < -0.39 is 18.3 Å². The first-order valence-electron chi connectivity index (χ1n) is 18.7. The Labute approximate surface area is 271 Å². The maximum atomic E-state index is 12.8. The molecule has 1 heterocycles. The summed E-state index contributed by atoms with van der Waals surface area (Å²) >= 11 is 0. The second-order valence-corrected chi connectivity index (χ2v) is 13.3. The molecule has 1 aliphatic rings. The topological polar surface area (TPSA) is 74.3 Å². The van der Waals surface area contributed by atoms with Crippen LogP contribution >= 0.6 is 0 Å². The van der Waals surface area contributed by atoms with Gasteiger partial charge in [0.2, 0.25) is 0 Å². The van der Waals surface area contributed by atoms with E-state index >= 15 is 0 Å². The van der Waals surface area contributed by atoms with Gasteiger partial charge in [-0.15, -0.1) is 0 Å². The zero-order valence-electron chi connectivity index (χ0n) is 29.4. The number of nitrogens with zero attached hydrogens (tertiary/aromatic N) is 1. The maximum Gasteiger partial charge on any atom is 0.306 e. The first-order chi connectivity index (χ1) is 21.5. The molecule has 260 valence electrons. The molecule has 1 aliphatic heterocycles. The molecule has 0 radical (unpaired) electrons. The molecule has 0 saturated carbocycles. The lowest BCUT2D eigenvalue weighted by atomic mass is 10.1. The van der Waals surface area contributed by atoms with Gasteiger partial charge in [0, 0.05) is 19.4 Å². The Hall–Kier alpha value is -1.18. The molecule has 0 aliphatic carbocycles. The Morgan fingerprint density at radius 2 is 1.02 bits per heavy atom. The van der Waals surface area contributed by atoms with Gasteiger partial charge < -0.3 is 23.8 Å². The monoisotopic (exact) mass is 626 g/mol. The molecule has 0 N–H and O–H groups in total. The number of ether oxygens (including phenoxy) is 4. The lowest BCUT2D eigenvalue weighted by Gasteiger charge is -2.23. The number of hydrogen-bond acceptors (Lipinski definition) is 7. The highest BCUT2D eigenvalue weighted by atomic mass is 16.6. The first kappa shape index (κ1) is 40.8. The number of hydrogen-bond donors (Lipinski definition) is 0. The SMILES string of the molecule is CCCCCCCCCCCCCC(=O)O[C@@H]1[C@@H](OC(=O)CCCCCCCCCCCCC)CO[C@@H]1COCCN(C)C. The lowest BCUT2D eigenvalue weighted by Crippen LogP contribution is -2.40. The highest BCUT2D eigenvalue weighted by Gasteiger charge is 2.42. The minimum atomic E-state index is -0.615. The summed E-state index contributed by atoms with van der Waals surface area (Å²) in [5, 5.41) is 0. The van der Waals surface area contributed by atoms with Crippen LogP contribution < -0.4 is 0 Å². The average Bonchev–Trinajstić information content (AvgIpc) is 3.36. The Bertz CT molecular complexity index is 672. The third-order valence-corrected chi connectivity index (χ3v) is 8.69. The fourth-order valence-corrected chi connectivity index (χ4v) is 5.80. The van der Waals surface area contributed by atoms with Crippen LogP contribution in [-0.2, 0) is 28.5 Å². The van der Waals surface area contributed by atoms with E-state index in [1.807, 2.05) is 14.1 Å². The van der Waals surface area contributed by atoms with Crippen molar-refractivity contribution in [1.82, 2.24) is 4.90 Å². The summed E-state index contributed by atoms with van der Waals surface area (Å²) < 4.78 is 23.4. The van der Waals surface area contributed by atoms with Crippen LogP contribution in [0, 0.1) is 0 Å². The Morgan fingerprint density at radius 3 is 1.45 bits per heavy atom. The molecule has 0 aromatic heterocycles. The van der Waals surface area contributed by atoms with E-state index in [4.69, 9.17) is 18.9 Å². The molecule has 0 aromatic carbocycles. The number of carbonyl (C=O) groups is 2. The molecule has 0 unspecified atom stereocenters. The van der Waals surface area contributed by atoms with Gasteiger partial charge in [-0.3, -0.25) is 9.59 Å². The zero-order chi connectivity index (χ0) is 32.1. The van der Waals surface area contributed by atoms with Gasteiger partial charge in [0.25, 0.3) is 0 Å². The van der Waals surface area contributed by atoms with Gasteiger partial charge in [-0.2, -0.15) is 0 Å². The maximum absolute atomic E-state index is 12.8. The van der Waals surface area contributed by atoms with Gasteiger partial charge in [-0.25, -0.2) is 0 Å². The lowest BCUT2D eigenvalue weighted by molar-refractivity contribution is -0.167. The Morgan fingerprint density at radius 1 is 0.614 bits per heavy atom. The number of likely N-dealkylation sites (N-methyl/N-ethyl adjacent to an activating group) is 1. The summed E-state index contributed by atoms with van der Waals surface area (Å²) in [6.45, 7) is 6.43. The van der Waals surface area contributed by atoms with Crippen molar-refractivity contribution >= 4 is 11.9 Å². The van der Waals surface area contributed by atoms with Crippen molar-refractivity contribution in [2.24, 2.45) is 0 Å². The molecule has 3 atom stereocenters. The Kier molecular flexibility index (Phi) is 27.1. The predicted octanol–water partition coefficient (Wildman–Crippen LogP) is 9.19. The van der Waals surface area contributed by atoms with E-state index in [0.717, 1.165) is 38.6 Å². The van der Waals surface area contributed by atoms with E-state index in [1.165, 1.54) is 109 Å². The third-order valence-electron chi connectivity index (χ3n) is 8.69. The molecule has 0 spiro atoms. The molecule has 1 rings (SSSR count). The van der Waals surface area contributed by atoms with Crippen molar-refractivity contribution in [2.75, 3.05) is 40.5 Å². The number of carbonyl (C=O) groups excluding carboxylic acids is 2. The van der Waals surface area contributed by atoms with Gasteiger partial charge in [-0.05, 0) is 26.9 Å². The van der Waals surface area contributed by atoms with Crippen LogP contribution in [0.4, 0.5) is 0 Å². The second-order valence-electron chi connectivity index (χ2n) is 13.3. The van der Waals surface area contributed by atoms with Crippen molar-refractivity contribution in [1.29, 1.82) is 0 Å². The van der Waals surface area contributed by atoms with Crippen LogP contribution in [0.2, 0.25) is 0 Å². The summed E-state index contributed by atoms with van der Waals surface area (Å²) in [5.74, 6) is -0.462. The van der Waals surface area contributed by atoms with Crippen molar-refractivity contribution in [3.8, 4) is 0 Å². The zero-order valence-corrected chi connectivity index (χ0v) is 29.4. The van der Waals surface area contributed by atoms with Crippen LogP contribution in [0.1, 0.15) is 168 Å². The highest BCUT2D eigenvalue weighted by Crippen LogP contribution is 2.24. The number of unbranched alkanes of at least 4 members (excludes halogenated alkanes) is 20. The average molecular weight is 626 g/mol. The second kappa shape index (κ2) is 29.2. The van der Waals surface area contributed by atoms with Crippen LogP contribution in [0.5, 0.6) is 0 Å². The van der Waals surface area contributed by atoms with E-state index in [2.05, 4.69) is 18.7 Å². The minimum absolute atomic E-state index is 0.227. The van der Waals surface area contributed by atoms with Crippen LogP contribution in [0.15, 0.2) is 0 Å². The Balaban J connectivity index is 2.32. The van der Waals surface area contributed by atoms with Gasteiger partial charge in [-0.1, -0.05) is 142 Å².